The summed E-state index contributed by atoms with van der Waals surface area (Å²) < 4.78 is 34.4. The highest BCUT2D eigenvalue weighted by Gasteiger charge is 2.38. The van der Waals surface area contributed by atoms with E-state index in [0.717, 1.165) is 35.1 Å². The zero-order chi connectivity index (χ0) is 22.4. The Labute approximate surface area is 192 Å². The van der Waals surface area contributed by atoms with E-state index >= 15 is 0 Å². The van der Waals surface area contributed by atoms with E-state index in [1.54, 1.807) is 28.4 Å². The van der Waals surface area contributed by atoms with Gasteiger partial charge in [0.05, 0.1) is 38.5 Å². The molecule has 0 radical (unpaired) electrons. The van der Waals surface area contributed by atoms with Crippen LogP contribution < -0.4 is 28.4 Å². The standard InChI is InChI=1S/C23H26Cl2O6/c1-10-7-12-14(18(26-3)22(29-6)20(28-5)16(12)24)15-13(8-11(10)2)17(25)21-23(19(15)27-4)31-9-30-21/h10-11H,7-9H2,1-6H3/t10-,11+/m1/s1. The molecule has 0 saturated carbocycles. The fraction of sp³-hybridized carbons (Fsp3) is 0.478. The maximum Gasteiger partial charge on any atom is 0.231 e. The summed E-state index contributed by atoms with van der Waals surface area (Å²) in [5, 5.41) is 1.00. The molecule has 1 aliphatic carbocycles. The predicted molar refractivity (Wildman–Crippen MR) is 120 cm³/mol. The lowest BCUT2D eigenvalue weighted by Crippen LogP contribution is -2.19. The van der Waals surface area contributed by atoms with E-state index in [9.17, 15) is 0 Å². The first kappa shape index (κ1) is 22.0. The fourth-order valence-corrected chi connectivity index (χ4v) is 5.17. The molecule has 1 heterocycles. The molecule has 0 bridgehead atoms. The zero-order valence-electron chi connectivity index (χ0n) is 18.5. The molecule has 8 heteroatoms. The van der Waals surface area contributed by atoms with E-state index < -0.39 is 0 Å². The molecule has 0 unspecified atom stereocenters. The summed E-state index contributed by atoms with van der Waals surface area (Å²) in [4.78, 5) is 0. The Bertz CT molecular complexity index is 1040. The third kappa shape index (κ3) is 3.23. The van der Waals surface area contributed by atoms with Crippen LogP contribution >= 0.6 is 23.2 Å². The van der Waals surface area contributed by atoms with Gasteiger partial charge in [-0.15, -0.1) is 0 Å². The molecular weight excluding hydrogens is 443 g/mol. The van der Waals surface area contributed by atoms with Crippen LogP contribution in [0.15, 0.2) is 0 Å². The van der Waals surface area contributed by atoms with Crippen molar-refractivity contribution in [2.75, 3.05) is 35.2 Å². The van der Waals surface area contributed by atoms with E-state index in [1.807, 2.05) is 0 Å². The van der Waals surface area contributed by atoms with Crippen LogP contribution in [-0.4, -0.2) is 35.2 Å². The van der Waals surface area contributed by atoms with Gasteiger partial charge in [0.15, 0.2) is 23.0 Å². The lowest BCUT2D eigenvalue weighted by molar-refractivity contribution is 0.171. The molecule has 2 atom stereocenters. The van der Waals surface area contributed by atoms with Crippen molar-refractivity contribution in [3.8, 4) is 45.6 Å². The summed E-state index contributed by atoms with van der Waals surface area (Å²) in [6.45, 7) is 4.49. The van der Waals surface area contributed by atoms with Crippen LogP contribution in [0.1, 0.15) is 25.0 Å². The van der Waals surface area contributed by atoms with Crippen LogP contribution in [0.4, 0.5) is 0 Å². The minimum absolute atomic E-state index is 0.0803. The zero-order valence-corrected chi connectivity index (χ0v) is 20.0. The maximum atomic E-state index is 6.91. The molecule has 0 spiro atoms. The third-order valence-corrected chi connectivity index (χ3v) is 7.11. The smallest absolute Gasteiger partial charge is 0.231 e. The highest BCUT2D eigenvalue weighted by Crippen LogP contribution is 2.60. The SMILES string of the molecule is COc1c(Cl)c2c(c(OC)c1OC)-c1c(c(Cl)c3c(c1OC)OCO3)C[C@H](C)[C@H](C)C2. The molecule has 31 heavy (non-hydrogen) atoms. The monoisotopic (exact) mass is 468 g/mol. The van der Waals surface area contributed by atoms with Gasteiger partial charge < -0.3 is 28.4 Å². The van der Waals surface area contributed by atoms with Gasteiger partial charge in [0.25, 0.3) is 0 Å². The van der Waals surface area contributed by atoms with Crippen molar-refractivity contribution in [1.82, 2.24) is 0 Å². The molecule has 0 saturated heterocycles. The van der Waals surface area contributed by atoms with Gasteiger partial charge in [-0.25, -0.2) is 0 Å². The van der Waals surface area contributed by atoms with Crippen LogP contribution in [0.3, 0.4) is 0 Å². The summed E-state index contributed by atoms with van der Waals surface area (Å²) in [6.07, 6.45) is 1.46. The van der Waals surface area contributed by atoms with E-state index in [4.69, 9.17) is 51.6 Å². The normalized spacial score (nSPS) is 19.1. The summed E-state index contributed by atoms with van der Waals surface area (Å²) in [7, 11) is 6.32. The minimum Gasteiger partial charge on any atom is -0.492 e. The number of methoxy groups -OCH3 is 4. The van der Waals surface area contributed by atoms with Crippen molar-refractivity contribution in [1.29, 1.82) is 0 Å². The van der Waals surface area contributed by atoms with Crippen molar-refractivity contribution in [2.45, 2.75) is 26.7 Å². The molecule has 0 fully saturated rings. The Kier molecular flexibility index (Phi) is 5.97. The van der Waals surface area contributed by atoms with Crippen LogP contribution in [-0.2, 0) is 12.8 Å². The molecule has 168 valence electrons. The Morgan fingerprint density at radius 3 is 1.68 bits per heavy atom. The van der Waals surface area contributed by atoms with Crippen molar-refractivity contribution in [3.63, 3.8) is 0 Å². The summed E-state index contributed by atoms with van der Waals surface area (Å²) in [5.74, 6) is 3.52. The van der Waals surface area contributed by atoms with E-state index in [1.165, 1.54) is 0 Å². The molecule has 4 rings (SSSR count). The Morgan fingerprint density at radius 2 is 1.13 bits per heavy atom. The van der Waals surface area contributed by atoms with Gasteiger partial charge in [-0.3, -0.25) is 0 Å². The summed E-state index contributed by atoms with van der Waals surface area (Å²) in [5.41, 5.74) is 3.36. The van der Waals surface area contributed by atoms with Gasteiger partial charge in [-0.1, -0.05) is 37.0 Å². The average molecular weight is 469 g/mol. The van der Waals surface area contributed by atoms with Gasteiger partial charge in [-0.2, -0.15) is 0 Å². The molecule has 2 aromatic rings. The van der Waals surface area contributed by atoms with Crippen molar-refractivity contribution in [2.24, 2.45) is 11.8 Å². The van der Waals surface area contributed by atoms with Crippen LogP contribution in [0.25, 0.3) is 11.1 Å². The molecule has 0 aromatic heterocycles. The first-order valence-corrected chi connectivity index (χ1v) is 10.8. The number of fused-ring (bicyclic) bond motifs is 4. The van der Waals surface area contributed by atoms with Gasteiger partial charge >= 0.3 is 0 Å². The Morgan fingerprint density at radius 1 is 0.645 bits per heavy atom. The van der Waals surface area contributed by atoms with Crippen LogP contribution in [0, 0.1) is 11.8 Å². The lowest BCUT2D eigenvalue weighted by atomic mass is 9.77. The lowest BCUT2D eigenvalue weighted by Gasteiger charge is -2.31. The number of ether oxygens (including phenoxy) is 6. The van der Waals surface area contributed by atoms with Crippen LogP contribution in [0.5, 0.6) is 34.5 Å². The second-order valence-electron chi connectivity index (χ2n) is 7.90. The van der Waals surface area contributed by atoms with E-state index in [2.05, 4.69) is 13.8 Å². The Hall–Kier alpha value is -2.18. The molecular formula is C23H26Cl2O6. The second-order valence-corrected chi connectivity index (χ2v) is 8.65. The molecule has 2 aromatic carbocycles. The topological polar surface area (TPSA) is 55.4 Å². The molecule has 6 nitrogen and oxygen atoms in total. The average Bonchev–Trinajstić information content (AvgIpc) is 3.25. The Balaban J connectivity index is 2.22. The van der Waals surface area contributed by atoms with Gasteiger partial charge in [0, 0.05) is 11.1 Å². The first-order chi connectivity index (χ1) is 14.9. The van der Waals surface area contributed by atoms with Crippen molar-refractivity contribution < 1.29 is 28.4 Å². The quantitative estimate of drug-likeness (QED) is 0.565. The number of hydrogen-bond acceptors (Lipinski definition) is 6. The first-order valence-electron chi connectivity index (χ1n) is 10.1. The van der Waals surface area contributed by atoms with Crippen molar-refractivity contribution >= 4 is 23.2 Å². The molecule has 1 aliphatic heterocycles. The van der Waals surface area contributed by atoms with Crippen LogP contribution in [0.2, 0.25) is 10.0 Å². The highest BCUT2D eigenvalue weighted by molar-refractivity contribution is 6.35. The molecule has 0 N–H and O–H groups in total. The maximum absolute atomic E-state index is 6.91. The number of hydrogen-bond donors (Lipinski definition) is 0. The molecule has 2 aliphatic rings. The van der Waals surface area contributed by atoms with E-state index in [0.29, 0.717) is 56.4 Å². The second kappa shape index (κ2) is 8.40. The highest BCUT2D eigenvalue weighted by atomic mass is 35.5. The fourth-order valence-electron chi connectivity index (χ4n) is 4.52. The third-order valence-electron chi connectivity index (χ3n) is 6.31. The summed E-state index contributed by atoms with van der Waals surface area (Å²) >= 11 is 13.8. The number of rotatable bonds is 4. The number of benzene rings is 2. The summed E-state index contributed by atoms with van der Waals surface area (Å²) in [6, 6.07) is 0. The van der Waals surface area contributed by atoms with Gasteiger partial charge in [0.1, 0.15) is 0 Å². The van der Waals surface area contributed by atoms with Crippen molar-refractivity contribution in [3.05, 3.63) is 21.2 Å². The predicted octanol–water partition coefficient (Wildman–Crippen LogP) is 5.79. The van der Waals surface area contributed by atoms with E-state index in [-0.39, 0.29) is 6.79 Å². The molecule has 0 amide bonds. The largest absolute Gasteiger partial charge is 0.492 e. The van der Waals surface area contributed by atoms with Gasteiger partial charge in [-0.05, 0) is 35.8 Å². The number of halogens is 2. The minimum atomic E-state index is 0.0803. The van der Waals surface area contributed by atoms with Gasteiger partial charge in [0.2, 0.25) is 18.3 Å².